The molecule has 7 nitrogen and oxygen atoms in total. The lowest BCUT2D eigenvalue weighted by Gasteiger charge is -2.14. The molecule has 0 spiro atoms. The number of hydrogen-bond donors (Lipinski definition) is 2. The molecule has 28 heavy (non-hydrogen) atoms. The Kier molecular flexibility index (Phi) is 5.41. The Morgan fingerprint density at radius 2 is 1.71 bits per heavy atom. The van der Waals surface area contributed by atoms with E-state index in [1.807, 2.05) is 0 Å². The fourth-order valence-corrected chi connectivity index (χ4v) is 2.89. The summed E-state index contributed by atoms with van der Waals surface area (Å²) in [6.07, 6.45) is 0. The van der Waals surface area contributed by atoms with E-state index in [1.165, 1.54) is 10.7 Å². The molecule has 3 aromatic rings. The van der Waals surface area contributed by atoms with Crippen molar-refractivity contribution in [1.82, 2.24) is 20.6 Å². The van der Waals surface area contributed by atoms with Crippen LogP contribution in [0.5, 0.6) is 0 Å². The van der Waals surface area contributed by atoms with Crippen molar-refractivity contribution in [3.63, 3.8) is 0 Å². The Balaban J connectivity index is 1.90. The van der Waals surface area contributed by atoms with Gasteiger partial charge in [-0.3, -0.25) is 25.2 Å². The molecule has 0 atom stereocenters. The number of carbonyl (C=O) groups is 2. The van der Waals surface area contributed by atoms with Gasteiger partial charge in [0.05, 0.1) is 22.0 Å². The number of amides is 2. The molecule has 2 N–H and O–H groups in total. The fraction of sp³-hybridized carbons (Fsp3) is 0.158. The lowest BCUT2D eigenvalue weighted by atomic mass is 10.1. The number of benzene rings is 2. The lowest BCUT2D eigenvalue weighted by molar-refractivity contribution is 0.0843. The molecule has 0 unspecified atom stereocenters. The van der Waals surface area contributed by atoms with E-state index < -0.39 is 17.6 Å². The summed E-state index contributed by atoms with van der Waals surface area (Å²) in [5.74, 6) is -2.02. The smallest absolute Gasteiger partial charge is 0.267 e. The Bertz CT molecular complexity index is 1140. The molecule has 2 amide bonds. The number of carbonyl (C=O) groups excluding carboxylic acids is 2. The lowest BCUT2D eigenvalue weighted by Crippen LogP contribution is -2.43. The third-order valence-corrected chi connectivity index (χ3v) is 4.31. The number of aromatic nitrogens is 2. The van der Waals surface area contributed by atoms with Crippen LogP contribution in [0, 0.1) is 5.82 Å². The fourth-order valence-electron chi connectivity index (χ4n) is 2.64. The van der Waals surface area contributed by atoms with Gasteiger partial charge in [0.1, 0.15) is 5.82 Å². The van der Waals surface area contributed by atoms with Gasteiger partial charge in [-0.15, -0.1) is 0 Å². The predicted molar refractivity (Wildman–Crippen MR) is 103 cm³/mol. The van der Waals surface area contributed by atoms with Crippen molar-refractivity contribution in [2.45, 2.75) is 19.9 Å². The summed E-state index contributed by atoms with van der Waals surface area (Å²) < 4.78 is 14.3. The second kappa shape index (κ2) is 7.77. The molecule has 0 aliphatic carbocycles. The van der Waals surface area contributed by atoms with Crippen molar-refractivity contribution < 1.29 is 14.0 Å². The molecule has 9 heteroatoms. The van der Waals surface area contributed by atoms with Gasteiger partial charge in [0.15, 0.2) is 5.69 Å². The molecule has 0 saturated carbocycles. The first-order valence-electron chi connectivity index (χ1n) is 8.37. The number of nitrogens with one attached hydrogen (secondary N) is 2. The predicted octanol–water partition coefficient (Wildman–Crippen LogP) is 2.84. The summed E-state index contributed by atoms with van der Waals surface area (Å²) in [5, 5.41) is 4.75. The maximum Gasteiger partial charge on any atom is 0.290 e. The maximum absolute atomic E-state index is 13.1. The third kappa shape index (κ3) is 3.72. The van der Waals surface area contributed by atoms with E-state index >= 15 is 0 Å². The summed E-state index contributed by atoms with van der Waals surface area (Å²) in [6.45, 7) is 3.53. The minimum absolute atomic E-state index is 0.00617. The van der Waals surface area contributed by atoms with Crippen molar-refractivity contribution in [1.29, 1.82) is 0 Å². The molecule has 144 valence electrons. The second-order valence-corrected chi connectivity index (χ2v) is 6.68. The number of halogens is 2. The van der Waals surface area contributed by atoms with Crippen molar-refractivity contribution in [3.05, 3.63) is 74.9 Å². The van der Waals surface area contributed by atoms with Crippen molar-refractivity contribution in [2.75, 3.05) is 0 Å². The highest BCUT2D eigenvalue weighted by Crippen LogP contribution is 2.17. The average molecular weight is 403 g/mol. The van der Waals surface area contributed by atoms with Gasteiger partial charge in [0.25, 0.3) is 17.4 Å². The minimum atomic E-state index is -0.722. The number of fused-ring (bicyclic) bond motifs is 1. The highest BCUT2D eigenvalue weighted by atomic mass is 35.5. The molecule has 1 heterocycles. The summed E-state index contributed by atoms with van der Waals surface area (Å²) in [6, 6.07) is 9.57. The van der Waals surface area contributed by atoms with Crippen LogP contribution in [0.4, 0.5) is 4.39 Å². The molecule has 0 fully saturated rings. The molecule has 0 saturated heterocycles. The maximum atomic E-state index is 13.1. The zero-order valence-electron chi connectivity index (χ0n) is 15.0. The first-order chi connectivity index (χ1) is 13.3. The van der Waals surface area contributed by atoms with Crippen LogP contribution in [0.3, 0.4) is 0 Å². The van der Waals surface area contributed by atoms with Crippen LogP contribution in [0.15, 0.2) is 47.3 Å². The molecule has 1 aromatic heterocycles. The van der Waals surface area contributed by atoms with Crippen LogP contribution in [0.25, 0.3) is 10.8 Å². The van der Waals surface area contributed by atoms with E-state index in [9.17, 15) is 18.8 Å². The molecule has 0 aliphatic heterocycles. The van der Waals surface area contributed by atoms with Crippen molar-refractivity contribution in [3.8, 4) is 0 Å². The average Bonchev–Trinajstić information content (AvgIpc) is 2.66. The van der Waals surface area contributed by atoms with Gasteiger partial charge in [-0.05, 0) is 38.1 Å². The first-order valence-corrected chi connectivity index (χ1v) is 8.74. The third-order valence-electron chi connectivity index (χ3n) is 4.00. The zero-order chi connectivity index (χ0) is 20.4. The Morgan fingerprint density at radius 1 is 1.07 bits per heavy atom. The largest absolute Gasteiger partial charge is 0.290 e. The first kappa shape index (κ1) is 19.5. The van der Waals surface area contributed by atoms with Crippen LogP contribution < -0.4 is 16.4 Å². The standard InChI is InChI=1S/C19H16ClFN4O3/c1-10(2)25-19(28)13-6-4-3-5-12(13)16(24-25)18(27)23-22-17(26)14-8-7-11(21)9-15(14)20/h3-10H,1-2H3,(H,22,26)(H,23,27). The van der Waals surface area contributed by atoms with E-state index in [0.29, 0.717) is 10.8 Å². The molecular formula is C19H16ClFN4O3. The molecule has 2 aromatic carbocycles. The SMILES string of the molecule is CC(C)n1nc(C(=O)NNC(=O)c2ccc(F)cc2Cl)c2ccccc2c1=O. The van der Waals surface area contributed by atoms with Gasteiger partial charge in [0.2, 0.25) is 0 Å². The number of hydrazine groups is 1. The molecule has 0 aliphatic rings. The van der Waals surface area contributed by atoms with Crippen LogP contribution in [0.2, 0.25) is 5.02 Å². The molecule has 0 bridgehead atoms. The molecule has 0 radical (unpaired) electrons. The van der Waals surface area contributed by atoms with Gasteiger partial charge in [-0.2, -0.15) is 5.10 Å². The summed E-state index contributed by atoms with van der Waals surface area (Å²) in [7, 11) is 0. The van der Waals surface area contributed by atoms with Gasteiger partial charge in [-0.25, -0.2) is 9.07 Å². The Labute approximate surface area is 164 Å². The van der Waals surface area contributed by atoms with Crippen molar-refractivity contribution >= 4 is 34.2 Å². The van der Waals surface area contributed by atoms with Crippen LogP contribution >= 0.6 is 11.6 Å². The topological polar surface area (TPSA) is 93.1 Å². The summed E-state index contributed by atoms with van der Waals surface area (Å²) in [4.78, 5) is 37.3. The Morgan fingerprint density at radius 3 is 2.36 bits per heavy atom. The van der Waals surface area contributed by atoms with Gasteiger partial charge >= 0.3 is 0 Å². The van der Waals surface area contributed by atoms with Gasteiger partial charge < -0.3 is 0 Å². The highest BCUT2D eigenvalue weighted by molar-refractivity contribution is 6.33. The van der Waals surface area contributed by atoms with E-state index in [0.717, 1.165) is 12.1 Å². The monoisotopic (exact) mass is 402 g/mol. The van der Waals surface area contributed by atoms with Crippen molar-refractivity contribution in [2.24, 2.45) is 0 Å². The van der Waals surface area contributed by atoms with Crippen LogP contribution in [0.1, 0.15) is 40.7 Å². The van der Waals surface area contributed by atoms with E-state index in [4.69, 9.17) is 11.6 Å². The van der Waals surface area contributed by atoms with Crippen LogP contribution in [-0.4, -0.2) is 21.6 Å². The normalized spacial score (nSPS) is 10.9. The van der Waals surface area contributed by atoms with E-state index in [2.05, 4.69) is 16.0 Å². The Hall–Kier alpha value is -3.26. The number of nitrogens with zero attached hydrogens (tertiary/aromatic N) is 2. The van der Waals surface area contributed by atoms with Gasteiger partial charge in [-0.1, -0.05) is 29.8 Å². The summed E-state index contributed by atoms with van der Waals surface area (Å²) in [5.41, 5.74) is 4.12. The zero-order valence-corrected chi connectivity index (χ0v) is 15.7. The number of hydrogen-bond acceptors (Lipinski definition) is 4. The summed E-state index contributed by atoms with van der Waals surface area (Å²) >= 11 is 5.84. The minimum Gasteiger partial charge on any atom is -0.267 e. The molecular weight excluding hydrogens is 387 g/mol. The highest BCUT2D eigenvalue weighted by Gasteiger charge is 2.19. The molecule has 3 rings (SSSR count). The second-order valence-electron chi connectivity index (χ2n) is 6.27. The van der Waals surface area contributed by atoms with Gasteiger partial charge in [0, 0.05) is 5.39 Å². The number of rotatable bonds is 3. The quantitative estimate of drug-likeness (QED) is 0.659. The van der Waals surface area contributed by atoms with E-state index in [-0.39, 0.29) is 27.9 Å². The van der Waals surface area contributed by atoms with E-state index in [1.54, 1.807) is 38.1 Å². The van der Waals surface area contributed by atoms with Crippen LogP contribution in [-0.2, 0) is 0 Å².